The van der Waals surface area contributed by atoms with E-state index >= 15 is 0 Å². The smallest absolute Gasteiger partial charge is 0.243 e. The summed E-state index contributed by atoms with van der Waals surface area (Å²) in [6.45, 7) is 4.70. The average molecular weight is 468 g/mol. The van der Waals surface area contributed by atoms with Crippen LogP contribution in [-0.4, -0.2) is 82.8 Å². The van der Waals surface area contributed by atoms with Crippen LogP contribution in [0.3, 0.4) is 0 Å². The van der Waals surface area contributed by atoms with Gasteiger partial charge in [-0.3, -0.25) is 24.2 Å². The normalized spacial score (nSPS) is 27.3. The maximum atomic E-state index is 13.3. The van der Waals surface area contributed by atoms with Crippen molar-refractivity contribution in [3.05, 3.63) is 29.8 Å². The van der Waals surface area contributed by atoms with E-state index < -0.39 is 5.54 Å². The molecule has 0 radical (unpaired) electrons. The zero-order chi connectivity index (χ0) is 23.9. The van der Waals surface area contributed by atoms with Crippen molar-refractivity contribution in [1.82, 2.24) is 20.0 Å². The number of piperidine rings is 1. The van der Waals surface area contributed by atoms with Gasteiger partial charge in [-0.1, -0.05) is 18.6 Å². The van der Waals surface area contributed by atoms with E-state index in [1.165, 1.54) is 31.7 Å². The van der Waals surface area contributed by atoms with Gasteiger partial charge in [-0.25, -0.2) is 0 Å². The van der Waals surface area contributed by atoms with Gasteiger partial charge in [-0.15, -0.1) is 0 Å². The van der Waals surface area contributed by atoms with E-state index in [9.17, 15) is 14.4 Å². The summed E-state index contributed by atoms with van der Waals surface area (Å²) < 4.78 is 0. The lowest BCUT2D eigenvalue weighted by Gasteiger charge is -2.41. The Hall–Kier alpha value is -2.45. The number of hydrogen-bond acceptors (Lipinski definition) is 5. The molecule has 3 aliphatic heterocycles. The highest BCUT2D eigenvalue weighted by molar-refractivity contribution is 5.92. The van der Waals surface area contributed by atoms with Gasteiger partial charge >= 0.3 is 0 Å². The van der Waals surface area contributed by atoms with Crippen LogP contribution in [-0.2, 0) is 20.9 Å². The second-order valence-corrected chi connectivity index (χ2v) is 10.8. The van der Waals surface area contributed by atoms with Crippen molar-refractivity contribution in [1.29, 1.82) is 0 Å². The average Bonchev–Trinajstić information content (AvgIpc) is 3.18. The van der Waals surface area contributed by atoms with Crippen LogP contribution in [0.25, 0.3) is 0 Å². The molecule has 3 heterocycles. The molecule has 3 amide bonds. The van der Waals surface area contributed by atoms with Crippen molar-refractivity contribution in [3.63, 3.8) is 0 Å². The number of fused-ring (bicyclic) bond motifs is 1. The first-order chi connectivity index (χ1) is 16.3. The number of carbonyl (C=O) groups is 3. The summed E-state index contributed by atoms with van der Waals surface area (Å²) in [5.41, 5.74) is 1.57. The van der Waals surface area contributed by atoms with E-state index in [2.05, 4.69) is 27.5 Å². The molecule has 1 saturated carbocycles. The number of rotatable bonds is 5. The largest absolute Gasteiger partial charge is 0.348 e. The van der Waals surface area contributed by atoms with Crippen molar-refractivity contribution in [3.8, 4) is 0 Å². The molecule has 0 aromatic heterocycles. The van der Waals surface area contributed by atoms with E-state index in [1.54, 1.807) is 0 Å². The van der Waals surface area contributed by atoms with Crippen LogP contribution in [0, 0.1) is 0 Å². The quantitative estimate of drug-likeness (QED) is 0.692. The van der Waals surface area contributed by atoms with Crippen LogP contribution in [0.1, 0.15) is 57.4 Å². The van der Waals surface area contributed by atoms with E-state index in [0.29, 0.717) is 19.0 Å². The zero-order valence-corrected chi connectivity index (χ0v) is 20.4. The second-order valence-electron chi connectivity index (χ2n) is 10.8. The first-order valence-corrected chi connectivity index (χ1v) is 12.7. The maximum absolute atomic E-state index is 13.3. The third-order valence-corrected chi connectivity index (χ3v) is 8.50. The molecule has 4 aliphatic rings. The van der Waals surface area contributed by atoms with Crippen LogP contribution in [0.2, 0.25) is 0 Å². The minimum Gasteiger partial charge on any atom is -0.348 e. The molecule has 2 N–H and O–H groups in total. The molecule has 1 aromatic rings. The number of likely N-dealkylation sites (N-methyl/N-ethyl adjacent to an activating group) is 1. The van der Waals surface area contributed by atoms with Crippen molar-refractivity contribution in [2.24, 2.45) is 0 Å². The Bertz CT molecular complexity index is 908. The fourth-order valence-corrected chi connectivity index (χ4v) is 6.10. The fourth-order valence-electron chi connectivity index (χ4n) is 6.10. The molecule has 0 unspecified atom stereocenters. The lowest BCUT2D eigenvalue weighted by molar-refractivity contribution is -0.135. The van der Waals surface area contributed by atoms with E-state index in [1.807, 2.05) is 29.2 Å². The number of hydrogen-bond donors (Lipinski definition) is 2. The summed E-state index contributed by atoms with van der Waals surface area (Å²) in [5, 5.41) is 6.13. The summed E-state index contributed by atoms with van der Waals surface area (Å²) in [5.74, 6) is 0.0997. The Morgan fingerprint density at radius 1 is 1.15 bits per heavy atom. The third-order valence-electron chi connectivity index (χ3n) is 8.50. The van der Waals surface area contributed by atoms with Crippen molar-refractivity contribution >= 4 is 23.4 Å². The minimum atomic E-state index is -0.417. The molecule has 5 rings (SSSR count). The van der Waals surface area contributed by atoms with Crippen LogP contribution in [0.15, 0.2) is 24.3 Å². The molecule has 1 aromatic carbocycles. The Kier molecular flexibility index (Phi) is 6.37. The van der Waals surface area contributed by atoms with E-state index in [0.717, 1.165) is 44.6 Å². The molecule has 1 spiro atoms. The monoisotopic (exact) mass is 467 g/mol. The highest BCUT2D eigenvalue weighted by atomic mass is 16.2. The molecule has 184 valence electrons. The van der Waals surface area contributed by atoms with Gasteiger partial charge in [0.1, 0.15) is 6.04 Å². The molecule has 3 saturated heterocycles. The second kappa shape index (κ2) is 9.30. The number of likely N-dealkylation sites (tertiary alicyclic amines) is 1. The molecular formula is C26H37N5O3. The Morgan fingerprint density at radius 2 is 1.85 bits per heavy atom. The maximum Gasteiger partial charge on any atom is 0.243 e. The van der Waals surface area contributed by atoms with Gasteiger partial charge in [0.2, 0.25) is 17.7 Å². The topological polar surface area (TPSA) is 85.0 Å². The van der Waals surface area contributed by atoms with Crippen molar-refractivity contribution < 1.29 is 14.4 Å². The molecule has 4 fully saturated rings. The van der Waals surface area contributed by atoms with Gasteiger partial charge in [0.15, 0.2) is 0 Å². The SMILES string of the molecule is CC(=O)Nc1ccc(CN2CCC3(CC2)CC(=O)N2C[C@@H](N(C)C4CCC4)C[C@H]2C(=O)N3)cc1. The highest BCUT2D eigenvalue weighted by Crippen LogP contribution is 2.35. The van der Waals surface area contributed by atoms with Crippen LogP contribution >= 0.6 is 0 Å². The van der Waals surface area contributed by atoms with Gasteiger partial charge in [-0.05, 0) is 56.8 Å². The first-order valence-electron chi connectivity index (χ1n) is 12.7. The van der Waals surface area contributed by atoms with E-state index in [4.69, 9.17) is 0 Å². The van der Waals surface area contributed by atoms with Crippen molar-refractivity contribution in [2.75, 3.05) is 32.0 Å². The van der Waals surface area contributed by atoms with Gasteiger partial charge in [0.05, 0.1) is 12.0 Å². The summed E-state index contributed by atoms with van der Waals surface area (Å²) in [4.78, 5) is 44.4. The number of amides is 3. The summed E-state index contributed by atoms with van der Waals surface area (Å²) in [7, 11) is 2.16. The Labute approximate surface area is 202 Å². The first kappa shape index (κ1) is 23.3. The Morgan fingerprint density at radius 3 is 2.47 bits per heavy atom. The molecule has 0 bridgehead atoms. The molecule has 1 aliphatic carbocycles. The summed E-state index contributed by atoms with van der Waals surface area (Å²) in [6, 6.07) is 8.52. The minimum absolute atomic E-state index is 0.0392. The zero-order valence-electron chi connectivity index (χ0n) is 20.4. The van der Waals surface area contributed by atoms with E-state index in [-0.39, 0.29) is 29.8 Å². The summed E-state index contributed by atoms with van der Waals surface area (Å²) >= 11 is 0. The number of carbonyl (C=O) groups excluding carboxylic acids is 3. The van der Waals surface area contributed by atoms with Gasteiger partial charge in [0.25, 0.3) is 0 Å². The number of nitrogens with one attached hydrogen (secondary N) is 2. The summed E-state index contributed by atoms with van der Waals surface area (Å²) in [6.07, 6.45) is 6.50. The lowest BCUT2D eigenvalue weighted by Crippen LogP contribution is -2.56. The van der Waals surface area contributed by atoms with Gasteiger partial charge < -0.3 is 15.5 Å². The molecule has 8 nitrogen and oxygen atoms in total. The van der Waals surface area contributed by atoms with Crippen molar-refractivity contribution in [2.45, 2.75) is 82.1 Å². The lowest BCUT2D eigenvalue weighted by atomic mass is 9.83. The predicted molar refractivity (Wildman–Crippen MR) is 130 cm³/mol. The Balaban J connectivity index is 1.17. The molecular weight excluding hydrogens is 430 g/mol. The number of benzene rings is 1. The molecule has 2 atom stereocenters. The van der Waals surface area contributed by atoms with Crippen LogP contribution in [0.5, 0.6) is 0 Å². The predicted octanol–water partition coefficient (Wildman–Crippen LogP) is 1.95. The van der Waals surface area contributed by atoms with Gasteiger partial charge in [0, 0.05) is 50.9 Å². The third kappa shape index (κ3) is 4.70. The van der Waals surface area contributed by atoms with Crippen LogP contribution in [0.4, 0.5) is 5.69 Å². The standard InChI is InChI=1S/C26H37N5O3/c1-18(32)27-20-8-6-19(7-9-20)16-30-12-10-26(11-13-30)15-24(33)31-17-22(14-23(31)25(34)28-26)29(2)21-4-3-5-21/h6-9,21-23H,3-5,10-17H2,1-2H3,(H,27,32)(H,28,34)/t22-,23-/m0/s1. The molecule has 34 heavy (non-hydrogen) atoms. The van der Waals surface area contributed by atoms with Gasteiger partial charge in [-0.2, -0.15) is 0 Å². The number of anilines is 1. The highest BCUT2D eigenvalue weighted by Gasteiger charge is 2.50. The number of nitrogens with zero attached hydrogens (tertiary/aromatic N) is 3. The molecule has 8 heteroatoms. The fraction of sp³-hybridized carbons (Fsp3) is 0.654. The van der Waals surface area contributed by atoms with Crippen LogP contribution < -0.4 is 10.6 Å².